The van der Waals surface area contributed by atoms with E-state index in [-0.39, 0.29) is 24.2 Å². The predicted octanol–water partition coefficient (Wildman–Crippen LogP) is 7.20. The van der Waals surface area contributed by atoms with Gasteiger partial charge in [0.2, 0.25) is 0 Å². The van der Waals surface area contributed by atoms with Crippen molar-refractivity contribution in [1.82, 2.24) is 5.09 Å². The molecule has 0 aliphatic carbocycles. The first-order chi connectivity index (χ1) is 17.0. The maximum Gasteiger partial charge on any atom is 0.459 e. The SMILES string of the molecule is CCOP(=O)(N[C@@H](C)C(=O)OC(C)C)Oc1c(Br)cc(C(=O)c2c(CC)oc3ccccc23)cc1Br. The molecule has 1 heterocycles. The molecule has 11 heteroatoms. The average molecular weight is 645 g/mol. The van der Waals surface area contributed by atoms with Crippen LogP contribution in [0.15, 0.2) is 49.8 Å². The van der Waals surface area contributed by atoms with Crippen LogP contribution in [0.5, 0.6) is 5.75 Å². The summed E-state index contributed by atoms with van der Waals surface area (Å²) in [5.74, 6) is -0.0679. The fourth-order valence-corrected chi connectivity index (χ4v) is 6.66. The van der Waals surface area contributed by atoms with Crippen molar-refractivity contribution in [3.8, 4) is 5.75 Å². The maximum atomic E-state index is 13.5. The van der Waals surface area contributed by atoms with Gasteiger partial charge in [-0.15, -0.1) is 0 Å². The van der Waals surface area contributed by atoms with Crippen molar-refractivity contribution < 1.29 is 32.4 Å². The van der Waals surface area contributed by atoms with Gasteiger partial charge in [-0.05, 0) is 77.8 Å². The molecule has 194 valence electrons. The summed E-state index contributed by atoms with van der Waals surface area (Å²) >= 11 is 6.84. The zero-order valence-electron chi connectivity index (χ0n) is 20.6. The van der Waals surface area contributed by atoms with Crippen molar-refractivity contribution >= 4 is 62.3 Å². The van der Waals surface area contributed by atoms with E-state index < -0.39 is 19.8 Å². The molecular weight excluding hydrogens is 617 g/mol. The maximum absolute atomic E-state index is 13.5. The molecule has 2 atom stereocenters. The molecule has 1 aromatic heterocycles. The van der Waals surface area contributed by atoms with Crippen LogP contribution in [-0.2, 0) is 25.0 Å². The zero-order chi connectivity index (χ0) is 26.6. The first-order valence-electron chi connectivity index (χ1n) is 11.5. The van der Waals surface area contributed by atoms with Crippen molar-refractivity contribution in [2.24, 2.45) is 0 Å². The molecule has 8 nitrogen and oxygen atoms in total. The fraction of sp³-hybridized carbons (Fsp3) is 0.360. The van der Waals surface area contributed by atoms with E-state index in [1.54, 1.807) is 32.9 Å². The van der Waals surface area contributed by atoms with Crippen molar-refractivity contribution in [1.29, 1.82) is 0 Å². The summed E-state index contributed by atoms with van der Waals surface area (Å²) in [5.41, 5.74) is 1.51. The third kappa shape index (κ3) is 6.47. The number of fused-ring (bicyclic) bond motifs is 1. The minimum atomic E-state index is -3.99. The van der Waals surface area contributed by atoms with Gasteiger partial charge in [-0.2, -0.15) is 5.09 Å². The molecule has 0 bridgehead atoms. The quantitative estimate of drug-likeness (QED) is 0.133. The monoisotopic (exact) mass is 643 g/mol. The van der Waals surface area contributed by atoms with Gasteiger partial charge in [0.1, 0.15) is 17.4 Å². The van der Waals surface area contributed by atoms with Gasteiger partial charge in [0.25, 0.3) is 0 Å². The second-order valence-electron chi connectivity index (χ2n) is 8.19. The molecular formula is C25H28Br2NO7P. The summed E-state index contributed by atoms with van der Waals surface area (Å²) in [6.45, 7) is 8.59. The molecule has 36 heavy (non-hydrogen) atoms. The van der Waals surface area contributed by atoms with E-state index in [0.717, 1.165) is 5.39 Å². The van der Waals surface area contributed by atoms with E-state index in [0.29, 0.717) is 37.8 Å². The Kier molecular flexibility index (Phi) is 9.57. The molecule has 0 saturated heterocycles. The number of rotatable bonds is 11. The van der Waals surface area contributed by atoms with Gasteiger partial charge in [0.05, 0.1) is 27.2 Å². The number of halogens is 2. The van der Waals surface area contributed by atoms with Crippen LogP contribution in [0, 0.1) is 0 Å². The lowest BCUT2D eigenvalue weighted by Crippen LogP contribution is -2.36. The summed E-state index contributed by atoms with van der Waals surface area (Å²) in [6.07, 6.45) is 0.225. The number of hydrogen-bond donors (Lipinski definition) is 1. The number of nitrogens with one attached hydrogen (secondary N) is 1. The summed E-state index contributed by atoms with van der Waals surface area (Å²) < 4.78 is 36.4. The van der Waals surface area contributed by atoms with Gasteiger partial charge in [-0.3, -0.25) is 14.1 Å². The smallest absolute Gasteiger partial charge is 0.459 e. The lowest BCUT2D eigenvalue weighted by atomic mass is 9.99. The second kappa shape index (κ2) is 12.0. The Balaban J connectivity index is 1.93. The molecule has 0 radical (unpaired) electrons. The van der Waals surface area contributed by atoms with Crippen LogP contribution < -0.4 is 9.61 Å². The fourth-order valence-electron chi connectivity index (χ4n) is 3.52. The van der Waals surface area contributed by atoms with E-state index in [4.69, 9.17) is 18.2 Å². The second-order valence-corrected chi connectivity index (χ2v) is 11.6. The largest absolute Gasteiger partial charge is 0.462 e. The summed E-state index contributed by atoms with van der Waals surface area (Å²) in [6, 6.07) is 9.59. The van der Waals surface area contributed by atoms with E-state index in [1.807, 2.05) is 31.2 Å². The lowest BCUT2D eigenvalue weighted by molar-refractivity contribution is -0.149. The van der Waals surface area contributed by atoms with E-state index in [9.17, 15) is 14.2 Å². The van der Waals surface area contributed by atoms with Gasteiger partial charge in [0, 0.05) is 17.4 Å². The first-order valence-corrected chi connectivity index (χ1v) is 14.6. The number of ether oxygens (including phenoxy) is 1. The number of carbonyl (C=O) groups is 2. The standard InChI is InChI=1S/C25H28Br2NO7P/c1-6-20-22(17-10-8-9-11-21(17)34-20)23(29)16-12-18(26)24(19(27)13-16)35-36(31,32-7-2)28-15(5)25(30)33-14(3)4/h8-15H,6-7H2,1-5H3,(H,28,31)/t15-,36?/m0/s1. The van der Waals surface area contributed by atoms with Gasteiger partial charge < -0.3 is 13.7 Å². The highest BCUT2D eigenvalue weighted by Gasteiger charge is 2.34. The van der Waals surface area contributed by atoms with Crippen LogP contribution in [0.4, 0.5) is 0 Å². The minimum absolute atomic E-state index is 0.0649. The molecule has 3 rings (SSSR count). The van der Waals surface area contributed by atoms with E-state index >= 15 is 0 Å². The van der Waals surface area contributed by atoms with Crippen LogP contribution >= 0.6 is 39.6 Å². The molecule has 0 amide bonds. The number of para-hydroxylation sites is 1. The van der Waals surface area contributed by atoms with Crippen LogP contribution in [0.1, 0.15) is 56.3 Å². The highest BCUT2D eigenvalue weighted by molar-refractivity contribution is 9.11. The van der Waals surface area contributed by atoms with Crippen LogP contribution in [0.3, 0.4) is 0 Å². The van der Waals surface area contributed by atoms with Crippen LogP contribution in [-0.4, -0.2) is 30.5 Å². The first kappa shape index (κ1) is 28.6. The van der Waals surface area contributed by atoms with Gasteiger partial charge >= 0.3 is 13.7 Å². The van der Waals surface area contributed by atoms with E-state index in [1.165, 1.54) is 6.92 Å². The highest BCUT2D eigenvalue weighted by atomic mass is 79.9. The summed E-state index contributed by atoms with van der Waals surface area (Å²) in [5, 5.41) is 3.35. The van der Waals surface area contributed by atoms with Crippen LogP contribution in [0.25, 0.3) is 11.0 Å². The molecule has 0 spiro atoms. The third-order valence-electron chi connectivity index (χ3n) is 5.04. The van der Waals surface area contributed by atoms with Crippen molar-refractivity contribution in [2.75, 3.05) is 6.61 Å². The number of aryl methyl sites for hydroxylation is 1. The number of benzene rings is 2. The average Bonchev–Trinajstić information content (AvgIpc) is 3.19. The zero-order valence-corrected chi connectivity index (χ0v) is 24.7. The molecule has 1 N–H and O–H groups in total. The lowest BCUT2D eigenvalue weighted by Gasteiger charge is -2.24. The Morgan fingerprint density at radius 3 is 2.31 bits per heavy atom. The third-order valence-corrected chi connectivity index (χ3v) is 7.95. The summed E-state index contributed by atoms with van der Waals surface area (Å²) in [7, 11) is -3.99. The molecule has 0 aliphatic rings. The Labute approximate surface area is 226 Å². The predicted molar refractivity (Wildman–Crippen MR) is 145 cm³/mol. The molecule has 0 saturated carbocycles. The number of furan rings is 1. The van der Waals surface area contributed by atoms with Gasteiger partial charge in [-0.25, -0.2) is 4.57 Å². The van der Waals surface area contributed by atoms with Crippen molar-refractivity contribution in [3.63, 3.8) is 0 Å². The highest BCUT2D eigenvalue weighted by Crippen LogP contribution is 2.49. The number of hydrogen-bond acceptors (Lipinski definition) is 7. The topological polar surface area (TPSA) is 104 Å². The molecule has 0 fully saturated rings. The van der Waals surface area contributed by atoms with Gasteiger partial charge in [0.15, 0.2) is 11.5 Å². The Bertz CT molecular complexity index is 1300. The molecule has 0 aliphatic heterocycles. The summed E-state index contributed by atoms with van der Waals surface area (Å²) in [4.78, 5) is 25.7. The molecule has 3 aromatic rings. The minimum Gasteiger partial charge on any atom is -0.462 e. The van der Waals surface area contributed by atoms with Crippen molar-refractivity contribution in [3.05, 3.63) is 62.2 Å². The molecule has 2 aromatic carbocycles. The number of esters is 1. The van der Waals surface area contributed by atoms with Crippen LogP contribution in [0.2, 0.25) is 0 Å². The van der Waals surface area contributed by atoms with Gasteiger partial charge in [-0.1, -0.05) is 25.1 Å². The van der Waals surface area contributed by atoms with Crippen molar-refractivity contribution in [2.45, 2.75) is 53.2 Å². The Morgan fingerprint density at radius 2 is 1.72 bits per heavy atom. The Morgan fingerprint density at radius 1 is 1.08 bits per heavy atom. The van der Waals surface area contributed by atoms with E-state index in [2.05, 4.69) is 36.9 Å². The normalized spacial score (nSPS) is 14.0. The molecule has 1 unspecified atom stereocenters. The number of carbonyl (C=O) groups excluding carboxylic acids is 2. The number of ketones is 1. The Hall–Kier alpha value is -1.97.